The third-order valence-electron chi connectivity index (χ3n) is 4.95. The van der Waals surface area contributed by atoms with Crippen LogP contribution in [-0.2, 0) is 11.0 Å². The number of carboxylic acid groups (broad SMARTS) is 1. The largest absolute Gasteiger partial charge is 0.507 e. The molecule has 0 heterocycles. The van der Waals surface area contributed by atoms with Crippen molar-refractivity contribution in [2.75, 3.05) is 6.61 Å². The molecule has 31 heavy (non-hydrogen) atoms. The van der Waals surface area contributed by atoms with Gasteiger partial charge in [0.25, 0.3) is 0 Å². The fourth-order valence-corrected chi connectivity index (χ4v) is 3.30. The first-order valence-electron chi connectivity index (χ1n) is 10.5. The van der Waals surface area contributed by atoms with Gasteiger partial charge >= 0.3 is 12.1 Å². The Morgan fingerprint density at radius 2 is 1.81 bits per heavy atom. The Balaban J connectivity index is 0.00000233. The highest BCUT2D eigenvalue weighted by Crippen LogP contribution is 2.38. The van der Waals surface area contributed by atoms with Crippen LogP contribution in [0.3, 0.4) is 0 Å². The quantitative estimate of drug-likeness (QED) is 0.268. The Kier molecular flexibility index (Phi) is 10.4. The molecule has 1 fully saturated rings. The summed E-state index contributed by atoms with van der Waals surface area (Å²) in [6, 6.07) is 3.52. The zero-order valence-corrected chi connectivity index (χ0v) is 18.3. The lowest BCUT2D eigenvalue weighted by Gasteiger charge is -2.23. The second-order valence-electron chi connectivity index (χ2n) is 7.09. The van der Waals surface area contributed by atoms with Crippen molar-refractivity contribution in [2.24, 2.45) is 5.92 Å². The van der Waals surface area contributed by atoms with Crippen LogP contribution >= 0.6 is 0 Å². The van der Waals surface area contributed by atoms with Crippen molar-refractivity contribution in [3.05, 3.63) is 59.4 Å². The van der Waals surface area contributed by atoms with E-state index in [-0.39, 0.29) is 29.4 Å². The number of aliphatic hydroxyl groups is 1. The van der Waals surface area contributed by atoms with Gasteiger partial charge in [-0.2, -0.15) is 13.2 Å². The van der Waals surface area contributed by atoms with E-state index < -0.39 is 29.0 Å². The van der Waals surface area contributed by atoms with Crippen LogP contribution < -0.4 is 4.74 Å². The van der Waals surface area contributed by atoms with Gasteiger partial charge < -0.3 is 14.9 Å². The maximum atomic E-state index is 13.6. The Labute approximate surface area is 181 Å². The van der Waals surface area contributed by atoms with Gasteiger partial charge in [-0.25, -0.2) is 4.79 Å². The zero-order valence-electron chi connectivity index (χ0n) is 18.3. The monoisotopic (exact) mass is 440 g/mol. The van der Waals surface area contributed by atoms with Crippen molar-refractivity contribution < 1.29 is 32.9 Å². The predicted octanol–water partition coefficient (Wildman–Crippen LogP) is 7.18. The van der Waals surface area contributed by atoms with Crippen molar-refractivity contribution in [1.29, 1.82) is 0 Å². The summed E-state index contributed by atoms with van der Waals surface area (Å²) in [6.07, 6.45) is 2.76. The molecule has 4 nitrogen and oxygen atoms in total. The van der Waals surface area contributed by atoms with Crippen molar-refractivity contribution in [1.82, 2.24) is 0 Å². The van der Waals surface area contributed by atoms with Crippen LogP contribution in [0.5, 0.6) is 5.75 Å². The number of aliphatic hydroxyl groups excluding tert-OH is 1. The normalized spacial score (nSPS) is 15.7. The van der Waals surface area contributed by atoms with Gasteiger partial charge in [0.05, 0.1) is 12.2 Å². The highest BCUT2D eigenvalue weighted by atomic mass is 19.4. The number of carbonyl (C=O) groups is 1. The number of ether oxygens (including phenoxy) is 1. The van der Waals surface area contributed by atoms with E-state index in [1.165, 1.54) is 25.1 Å². The molecule has 0 bridgehead atoms. The maximum absolute atomic E-state index is 13.6. The first kappa shape index (κ1) is 26.3. The molecule has 1 saturated carbocycles. The summed E-state index contributed by atoms with van der Waals surface area (Å²) in [5, 5.41) is 18.9. The van der Waals surface area contributed by atoms with Crippen molar-refractivity contribution in [3.8, 4) is 5.75 Å². The summed E-state index contributed by atoms with van der Waals surface area (Å²) in [6.45, 7) is 9.33. The van der Waals surface area contributed by atoms with E-state index in [0.717, 1.165) is 44.2 Å². The molecule has 0 atom stereocenters. The zero-order chi connectivity index (χ0) is 23.6. The number of allylic oxidation sites excluding steroid dienone is 3. The Morgan fingerprint density at radius 3 is 2.32 bits per heavy atom. The SMILES string of the molecule is C=C(/C=C(C(=O)O)\C(O)=C/C)c1ccc(OCC2CCCCC2)c(C(F)(F)F)c1.CC. The Bertz CT molecular complexity index is 817. The summed E-state index contributed by atoms with van der Waals surface area (Å²) < 4.78 is 46.2. The number of benzene rings is 1. The summed E-state index contributed by atoms with van der Waals surface area (Å²) in [4.78, 5) is 11.3. The average Bonchev–Trinajstić information content (AvgIpc) is 2.76. The Morgan fingerprint density at radius 1 is 1.19 bits per heavy atom. The molecule has 1 aromatic carbocycles. The fraction of sp³-hybridized carbons (Fsp3) is 0.458. The number of rotatable bonds is 7. The lowest BCUT2D eigenvalue weighted by Crippen LogP contribution is -2.17. The van der Waals surface area contributed by atoms with Gasteiger partial charge in [0.2, 0.25) is 0 Å². The molecule has 0 amide bonds. The third-order valence-corrected chi connectivity index (χ3v) is 4.95. The van der Waals surface area contributed by atoms with Crippen LogP contribution in [0.15, 0.2) is 48.3 Å². The maximum Gasteiger partial charge on any atom is 0.419 e. The lowest BCUT2D eigenvalue weighted by atomic mass is 9.90. The van der Waals surface area contributed by atoms with Crippen LogP contribution in [-0.4, -0.2) is 22.8 Å². The summed E-state index contributed by atoms with van der Waals surface area (Å²) in [7, 11) is 0. The number of alkyl halides is 3. The molecular formula is C24H31F3O4. The standard InChI is InChI=1S/C22H25F3O4.C2H6/c1-3-19(26)17(21(27)28)11-14(2)16-9-10-20(18(12-16)22(23,24)25)29-13-15-7-5-4-6-8-15;1-2/h3,9-12,15,26H,2,4-8,13H2,1H3,(H,27,28);1-2H3/b17-11+,19-3+;. The van der Waals surface area contributed by atoms with E-state index in [1.807, 2.05) is 13.8 Å². The van der Waals surface area contributed by atoms with Gasteiger partial charge in [-0.1, -0.05) is 45.8 Å². The average molecular weight is 441 g/mol. The van der Waals surface area contributed by atoms with Crippen LogP contribution in [0.4, 0.5) is 13.2 Å². The molecule has 0 radical (unpaired) electrons. The van der Waals surface area contributed by atoms with Crippen LogP contribution in [0.2, 0.25) is 0 Å². The molecule has 0 aliphatic heterocycles. The lowest BCUT2D eigenvalue weighted by molar-refractivity contribution is -0.139. The van der Waals surface area contributed by atoms with Crippen LogP contribution in [0.1, 0.15) is 64.0 Å². The van der Waals surface area contributed by atoms with E-state index in [2.05, 4.69) is 6.58 Å². The number of halogens is 3. The van der Waals surface area contributed by atoms with Crippen molar-refractivity contribution in [2.45, 2.75) is 59.1 Å². The van der Waals surface area contributed by atoms with Crippen molar-refractivity contribution in [3.63, 3.8) is 0 Å². The first-order chi connectivity index (χ1) is 14.6. The highest BCUT2D eigenvalue weighted by molar-refractivity contribution is 5.94. The molecule has 0 spiro atoms. The number of hydrogen-bond acceptors (Lipinski definition) is 3. The predicted molar refractivity (Wildman–Crippen MR) is 116 cm³/mol. The minimum absolute atomic E-state index is 0.0279. The number of aliphatic carboxylic acids is 1. The summed E-state index contributed by atoms with van der Waals surface area (Å²) in [5.41, 5.74) is -1.28. The van der Waals surface area contributed by atoms with E-state index in [1.54, 1.807) is 0 Å². The fourth-order valence-electron chi connectivity index (χ4n) is 3.30. The van der Waals surface area contributed by atoms with E-state index in [4.69, 9.17) is 4.74 Å². The number of carboxylic acids is 1. The minimum atomic E-state index is -4.64. The van der Waals surface area contributed by atoms with Gasteiger partial charge in [0.1, 0.15) is 17.1 Å². The molecule has 0 aromatic heterocycles. The third kappa shape index (κ3) is 7.81. The molecule has 1 aromatic rings. The van der Waals surface area contributed by atoms with E-state index in [9.17, 15) is 28.2 Å². The van der Waals surface area contributed by atoms with Crippen molar-refractivity contribution >= 4 is 11.5 Å². The molecule has 1 aliphatic rings. The molecule has 1 aliphatic carbocycles. The second kappa shape index (κ2) is 12.2. The van der Waals surface area contributed by atoms with E-state index >= 15 is 0 Å². The molecule has 0 saturated heterocycles. The number of hydrogen-bond donors (Lipinski definition) is 2. The minimum Gasteiger partial charge on any atom is -0.507 e. The molecule has 7 heteroatoms. The molecular weight excluding hydrogens is 409 g/mol. The summed E-state index contributed by atoms with van der Waals surface area (Å²) in [5.74, 6) is -1.91. The van der Waals surface area contributed by atoms with Gasteiger partial charge in [-0.05, 0) is 61.1 Å². The molecule has 172 valence electrons. The smallest absolute Gasteiger partial charge is 0.419 e. The molecule has 2 rings (SSSR count). The van der Waals surface area contributed by atoms with E-state index in [0.29, 0.717) is 0 Å². The molecule has 2 N–H and O–H groups in total. The Hall–Kier alpha value is -2.70. The van der Waals surface area contributed by atoms with Gasteiger partial charge in [-0.15, -0.1) is 0 Å². The van der Waals surface area contributed by atoms with Gasteiger partial charge in [-0.3, -0.25) is 0 Å². The van der Waals surface area contributed by atoms with Crippen LogP contribution in [0.25, 0.3) is 5.57 Å². The topological polar surface area (TPSA) is 66.8 Å². The van der Waals surface area contributed by atoms with Gasteiger partial charge in [0.15, 0.2) is 0 Å². The first-order valence-corrected chi connectivity index (χ1v) is 10.5. The summed E-state index contributed by atoms with van der Waals surface area (Å²) >= 11 is 0. The van der Waals surface area contributed by atoms with Crippen LogP contribution in [0, 0.1) is 5.92 Å². The van der Waals surface area contributed by atoms with Gasteiger partial charge in [0, 0.05) is 0 Å². The second-order valence-corrected chi connectivity index (χ2v) is 7.09. The highest BCUT2D eigenvalue weighted by Gasteiger charge is 2.35. The molecule has 0 unspecified atom stereocenters.